The van der Waals surface area contributed by atoms with E-state index in [1.807, 2.05) is 7.05 Å². The summed E-state index contributed by atoms with van der Waals surface area (Å²) < 4.78 is 32.2. The minimum Gasteiger partial charge on any atom is -0.495 e. The van der Waals surface area contributed by atoms with Crippen LogP contribution in [0.5, 0.6) is 5.75 Å². The first-order valence-corrected chi connectivity index (χ1v) is 10.0. The Morgan fingerprint density at radius 1 is 1.07 bits per heavy atom. The first-order chi connectivity index (χ1) is 12.9. The van der Waals surface area contributed by atoms with E-state index in [-0.39, 0.29) is 23.2 Å². The Bertz CT molecular complexity index is 873. The molecule has 154 valence electrons. The molecule has 2 rings (SSSR count). The number of halogens is 1. The van der Waals surface area contributed by atoms with Crippen LogP contribution >= 0.6 is 12.4 Å². The van der Waals surface area contributed by atoms with Crippen molar-refractivity contribution in [2.75, 3.05) is 38.6 Å². The molecule has 2 aromatic carbocycles. The van der Waals surface area contributed by atoms with E-state index in [9.17, 15) is 13.2 Å². The van der Waals surface area contributed by atoms with Gasteiger partial charge in [0.15, 0.2) is 0 Å². The maximum Gasteiger partial charge on any atom is 0.264 e. The molecule has 0 aliphatic heterocycles. The van der Waals surface area contributed by atoms with Crippen LogP contribution in [0.15, 0.2) is 53.4 Å². The number of hydrogen-bond donors (Lipinski definition) is 2. The number of benzene rings is 2. The molecule has 9 heteroatoms. The summed E-state index contributed by atoms with van der Waals surface area (Å²) in [5.74, 6) is 0.231. The highest BCUT2D eigenvalue weighted by molar-refractivity contribution is 7.92. The van der Waals surface area contributed by atoms with E-state index < -0.39 is 10.0 Å². The SMILES string of the molecule is CNCCCNC(=O)c1ccc(S(=O)(=O)N(C)c2ccccc2OC)cc1.Cl. The summed E-state index contributed by atoms with van der Waals surface area (Å²) in [7, 11) is 1.03. The largest absolute Gasteiger partial charge is 0.495 e. The van der Waals surface area contributed by atoms with E-state index in [1.54, 1.807) is 24.3 Å². The van der Waals surface area contributed by atoms with Gasteiger partial charge in [0.2, 0.25) is 0 Å². The summed E-state index contributed by atoms with van der Waals surface area (Å²) in [6.45, 7) is 1.36. The zero-order valence-electron chi connectivity index (χ0n) is 16.1. The monoisotopic (exact) mass is 427 g/mol. The lowest BCUT2D eigenvalue weighted by Gasteiger charge is -2.21. The summed E-state index contributed by atoms with van der Waals surface area (Å²) in [5.41, 5.74) is 0.852. The lowest BCUT2D eigenvalue weighted by molar-refractivity contribution is 0.0953. The Morgan fingerprint density at radius 2 is 1.71 bits per heavy atom. The number of nitrogens with zero attached hydrogens (tertiary/aromatic N) is 1. The first kappa shape index (κ1) is 23.7. The van der Waals surface area contributed by atoms with Crippen LogP contribution in [0.4, 0.5) is 5.69 Å². The quantitative estimate of drug-likeness (QED) is 0.599. The van der Waals surface area contributed by atoms with Gasteiger partial charge < -0.3 is 15.4 Å². The second kappa shape index (κ2) is 10.9. The van der Waals surface area contributed by atoms with Gasteiger partial charge in [-0.25, -0.2) is 8.42 Å². The van der Waals surface area contributed by atoms with Crippen LogP contribution in [0.25, 0.3) is 0 Å². The van der Waals surface area contributed by atoms with E-state index in [0.717, 1.165) is 13.0 Å². The number of sulfonamides is 1. The third-order valence-corrected chi connectivity index (χ3v) is 5.87. The van der Waals surface area contributed by atoms with E-state index in [0.29, 0.717) is 23.5 Å². The number of hydrogen-bond acceptors (Lipinski definition) is 5. The molecular weight excluding hydrogens is 402 g/mol. The summed E-state index contributed by atoms with van der Waals surface area (Å²) in [5, 5.41) is 5.81. The van der Waals surface area contributed by atoms with Gasteiger partial charge in [0.1, 0.15) is 5.75 Å². The van der Waals surface area contributed by atoms with Crippen molar-refractivity contribution in [2.24, 2.45) is 0 Å². The first-order valence-electron chi connectivity index (χ1n) is 8.56. The molecule has 7 nitrogen and oxygen atoms in total. The van der Waals surface area contributed by atoms with Gasteiger partial charge in [-0.3, -0.25) is 9.10 Å². The van der Waals surface area contributed by atoms with Gasteiger partial charge in [-0.2, -0.15) is 0 Å². The van der Waals surface area contributed by atoms with Crippen LogP contribution in [0.3, 0.4) is 0 Å². The summed E-state index contributed by atoms with van der Waals surface area (Å²) in [6, 6.07) is 12.8. The Labute approximate surface area is 172 Å². The van der Waals surface area contributed by atoms with Gasteiger partial charge in [-0.05, 0) is 56.4 Å². The minimum absolute atomic E-state index is 0. The number of ether oxygens (including phenoxy) is 1. The molecular formula is C19H26ClN3O4S. The third-order valence-electron chi connectivity index (χ3n) is 4.09. The van der Waals surface area contributed by atoms with Crippen LogP contribution in [-0.2, 0) is 10.0 Å². The predicted molar refractivity (Wildman–Crippen MR) is 113 cm³/mol. The van der Waals surface area contributed by atoms with Crippen molar-refractivity contribution >= 4 is 34.0 Å². The molecule has 1 amide bonds. The molecule has 0 fully saturated rings. The van der Waals surface area contributed by atoms with Crippen molar-refractivity contribution in [1.29, 1.82) is 0 Å². The average molecular weight is 428 g/mol. The molecule has 0 aromatic heterocycles. The summed E-state index contributed by atoms with van der Waals surface area (Å²) in [6.07, 6.45) is 0.818. The molecule has 0 unspecified atom stereocenters. The van der Waals surface area contributed by atoms with E-state index in [1.165, 1.54) is 42.7 Å². The Hall–Kier alpha value is -2.29. The fourth-order valence-electron chi connectivity index (χ4n) is 2.52. The van der Waals surface area contributed by atoms with E-state index in [4.69, 9.17) is 4.74 Å². The molecule has 0 saturated heterocycles. The number of methoxy groups -OCH3 is 1. The van der Waals surface area contributed by atoms with E-state index >= 15 is 0 Å². The molecule has 0 aliphatic carbocycles. The Kier molecular flexibility index (Phi) is 9.24. The number of amides is 1. The zero-order valence-corrected chi connectivity index (χ0v) is 17.8. The fourth-order valence-corrected chi connectivity index (χ4v) is 3.73. The lowest BCUT2D eigenvalue weighted by Crippen LogP contribution is -2.28. The molecule has 2 aromatic rings. The molecule has 0 aliphatic rings. The molecule has 0 heterocycles. The maximum absolute atomic E-state index is 12.9. The fraction of sp³-hybridized carbons (Fsp3) is 0.316. The molecule has 0 bridgehead atoms. The number of para-hydroxylation sites is 2. The van der Waals surface area contributed by atoms with Gasteiger partial charge in [-0.1, -0.05) is 12.1 Å². The highest BCUT2D eigenvalue weighted by atomic mass is 35.5. The molecule has 0 radical (unpaired) electrons. The molecule has 2 N–H and O–H groups in total. The van der Waals surface area contributed by atoms with Crippen LogP contribution in [-0.4, -0.2) is 48.6 Å². The number of rotatable bonds is 9. The van der Waals surface area contributed by atoms with Crippen molar-refractivity contribution in [1.82, 2.24) is 10.6 Å². The number of carbonyl (C=O) groups excluding carboxylic acids is 1. The van der Waals surface area contributed by atoms with Crippen molar-refractivity contribution in [3.63, 3.8) is 0 Å². The van der Waals surface area contributed by atoms with Gasteiger partial charge in [0.05, 0.1) is 17.7 Å². The second-order valence-electron chi connectivity index (χ2n) is 5.88. The highest BCUT2D eigenvalue weighted by Crippen LogP contribution is 2.30. The topological polar surface area (TPSA) is 87.7 Å². The van der Waals surface area contributed by atoms with Crippen LogP contribution in [0, 0.1) is 0 Å². The molecule has 0 saturated carbocycles. The van der Waals surface area contributed by atoms with Crippen molar-refractivity contribution in [3.8, 4) is 5.75 Å². The van der Waals surface area contributed by atoms with Gasteiger partial charge in [-0.15, -0.1) is 12.4 Å². The number of anilines is 1. The highest BCUT2D eigenvalue weighted by Gasteiger charge is 2.23. The van der Waals surface area contributed by atoms with Crippen molar-refractivity contribution in [3.05, 3.63) is 54.1 Å². The normalized spacial score (nSPS) is 10.7. The van der Waals surface area contributed by atoms with E-state index in [2.05, 4.69) is 10.6 Å². The van der Waals surface area contributed by atoms with Gasteiger partial charge >= 0.3 is 0 Å². The zero-order chi connectivity index (χ0) is 19.9. The maximum atomic E-state index is 12.9. The Balaban J connectivity index is 0.00000392. The number of nitrogens with one attached hydrogen (secondary N) is 2. The standard InChI is InChI=1S/C19H25N3O4S.ClH/c1-20-13-6-14-21-19(23)15-9-11-16(12-10-15)27(24,25)22(2)17-7-4-5-8-18(17)26-3;/h4-5,7-12,20H,6,13-14H2,1-3H3,(H,21,23);1H. The second-order valence-corrected chi connectivity index (χ2v) is 7.85. The smallest absolute Gasteiger partial charge is 0.264 e. The van der Waals surface area contributed by atoms with Gasteiger partial charge in [0.25, 0.3) is 15.9 Å². The molecule has 0 spiro atoms. The minimum atomic E-state index is -3.78. The lowest BCUT2D eigenvalue weighted by atomic mass is 10.2. The summed E-state index contributed by atoms with van der Waals surface area (Å²) >= 11 is 0. The van der Waals surface area contributed by atoms with Crippen LogP contribution < -0.4 is 19.7 Å². The van der Waals surface area contributed by atoms with Crippen molar-refractivity contribution < 1.29 is 17.9 Å². The van der Waals surface area contributed by atoms with Crippen LogP contribution in [0.1, 0.15) is 16.8 Å². The molecule has 0 atom stereocenters. The summed E-state index contributed by atoms with van der Waals surface area (Å²) in [4.78, 5) is 12.2. The predicted octanol–water partition coefficient (Wildman–Crippen LogP) is 2.28. The average Bonchev–Trinajstić information content (AvgIpc) is 2.70. The third kappa shape index (κ3) is 5.60. The van der Waals surface area contributed by atoms with Gasteiger partial charge in [0, 0.05) is 19.2 Å². The molecule has 28 heavy (non-hydrogen) atoms. The van der Waals surface area contributed by atoms with Crippen molar-refractivity contribution in [2.45, 2.75) is 11.3 Å². The number of carbonyl (C=O) groups is 1. The Morgan fingerprint density at radius 3 is 2.32 bits per heavy atom. The van der Waals surface area contributed by atoms with Crippen LogP contribution in [0.2, 0.25) is 0 Å².